The summed E-state index contributed by atoms with van der Waals surface area (Å²) in [6.45, 7) is 2.61. The van der Waals surface area contributed by atoms with Crippen molar-refractivity contribution in [2.24, 2.45) is 5.41 Å². The van der Waals surface area contributed by atoms with Crippen molar-refractivity contribution in [1.29, 1.82) is 0 Å². The molecule has 6 nitrogen and oxygen atoms in total. The van der Waals surface area contributed by atoms with E-state index in [1.807, 2.05) is 37.3 Å². The molecule has 0 amide bonds. The molecular formula is C25H26FNO5S. The van der Waals surface area contributed by atoms with Gasteiger partial charge in [-0.05, 0) is 65.8 Å². The predicted octanol–water partition coefficient (Wildman–Crippen LogP) is 4.67. The number of carboxylic acids is 1. The molecule has 2 aliphatic rings. The molecule has 0 fully saturated rings. The van der Waals surface area contributed by atoms with Crippen molar-refractivity contribution in [3.63, 3.8) is 0 Å². The Hall–Kier alpha value is -3.13. The van der Waals surface area contributed by atoms with Crippen molar-refractivity contribution in [1.82, 2.24) is 4.31 Å². The molecule has 2 aromatic carbocycles. The molecule has 1 N–H and O–H groups in total. The molecule has 0 saturated carbocycles. The summed E-state index contributed by atoms with van der Waals surface area (Å²) in [4.78, 5) is 11.1. The molecule has 2 aromatic rings. The van der Waals surface area contributed by atoms with Gasteiger partial charge in [0.1, 0.15) is 11.6 Å². The van der Waals surface area contributed by atoms with Crippen molar-refractivity contribution >= 4 is 16.0 Å². The Morgan fingerprint density at radius 2 is 1.97 bits per heavy atom. The van der Waals surface area contributed by atoms with Gasteiger partial charge in [0, 0.05) is 18.5 Å². The van der Waals surface area contributed by atoms with Crippen LogP contribution in [0.2, 0.25) is 0 Å². The van der Waals surface area contributed by atoms with E-state index < -0.39 is 27.2 Å². The number of sulfonamides is 1. The zero-order valence-electron chi connectivity index (χ0n) is 18.3. The Balaban J connectivity index is 1.74. The van der Waals surface area contributed by atoms with Gasteiger partial charge >= 0.3 is 5.97 Å². The molecule has 0 unspecified atom stereocenters. The summed E-state index contributed by atoms with van der Waals surface area (Å²) in [5.74, 6) is -0.598. The van der Waals surface area contributed by atoms with Gasteiger partial charge in [0.05, 0.1) is 18.0 Å². The summed E-state index contributed by atoms with van der Waals surface area (Å²) in [6.07, 6.45) is 7.23. The van der Waals surface area contributed by atoms with E-state index in [-0.39, 0.29) is 17.9 Å². The number of carboxylic acid groups (broad SMARTS) is 1. The number of carbonyl (C=O) groups is 1. The van der Waals surface area contributed by atoms with Crippen LogP contribution in [0, 0.1) is 11.2 Å². The lowest BCUT2D eigenvalue weighted by molar-refractivity contribution is -0.137. The number of hydrogen-bond donors (Lipinski definition) is 1. The van der Waals surface area contributed by atoms with Gasteiger partial charge in [0.15, 0.2) is 0 Å². The summed E-state index contributed by atoms with van der Waals surface area (Å²) in [7, 11) is -4.01. The van der Waals surface area contributed by atoms with E-state index in [9.17, 15) is 17.6 Å². The number of halogens is 1. The standard InChI is InChI=1S/C25H26FNO5S/c1-25(13-10-24(28)29)12-2-3-21(16-25)27(33(30,31)22-7-5-20(26)6-8-22)17-18-4-9-23-19(15-18)11-14-32-23/h2-9,15-16H,10-14,17H2,1H3,(H,28,29)/t25-/m0/s1. The van der Waals surface area contributed by atoms with Gasteiger partial charge < -0.3 is 9.84 Å². The molecule has 0 aromatic heterocycles. The van der Waals surface area contributed by atoms with Gasteiger partial charge in [-0.3, -0.25) is 9.10 Å². The van der Waals surface area contributed by atoms with E-state index in [4.69, 9.17) is 9.84 Å². The van der Waals surface area contributed by atoms with Crippen LogP contribution in [0.5, 0.6) is 5.75 Å². The number of benzene rings is 2. The van der Waals surface area contributed by atoms with E-state index in [0.717, 1.165) is 35.4 Å². The van der Waals surface area contributed by atoms with E-state index >= 15 is 0 Å². The Bertz CT molecular complexity index is 1220. The summed E-state index contributed by atoms with van der Waals surface area (Å²) in [5, 5.41) is 9.12. The first-order valence-corrected chi connectivity index (χ1v) is 12.2. The van der Waals surface area contributed by atoms with Crippen LogP contribution in [-0.2, 0) is 27.8 Å². The average molecular weight is 472 g/mol. The molecule has 33 heavy (non-hydrogen) atoms. The molecule has 0 radical (unpaired) electrons. The Morgan fingerprint density at radius 1 is 1.21 bits per heavy atom. The molecule has 1 aliphatic heterocycles. The van der Waals surface area contributed by atoms with Gasteiger partial charge in [-0.15, -0.1) is 0 Å². The Labute approximate surface area is 193 Å². The molecular weight excluding hydrogens is 445 g/mol. The summed E-state index contributed by atoms with van der Waals surface area (Å²) < 4.78 is 47.7. The third kappa shape index (κ3) is 5.11. The van der Waals surface area contributed by atoms with E-state index in [0.29, 0.717) is 25.1 Å². The fourth-order valence-electron chi connectivity index (χ4n) is 4.19. The number of fused-ring (bicyclic) bond motifs is 1. The van der Waals surface area contributed by atoms with E-state index in [1.54, 1.807) is 6.08 Å². The van der Waals surface area contributed by atoms with E-state index in [2.05, 4.69) is 0 Å². The molecule has 1 aliphatic carbocycles. The largest absolute Gasteiger partial charge is 0.493 e. The second kappa shape index (κ2) is 9.02. The van der Waals surface area contributed by atoms with Crippen molar-refractivity contribution in [2.75, 3.05) is 6.61 Å². The minimum absolute atomic E-state index is 0.0103. The lowest BCUT2D eigenvalue weighted by Gasteiger charge is -2.33. The van der Waals surface area contributed by atoms with Gasteiger partial charge in [-0.25, -0.2) is 12.8 Å². The third-order valence-electron chi connectivity index (χ3n) is 6.05. The second-order valence-corrected chi connectivity index (χ2v) is 10.6. The maximum Gasteiger partial charge on any atom is 0.303 e. The topological polar surface area (TPSA) is 83.9 Å². The highest BCUT2D eigenvalue weighted by molar-refractivity contribution is 7.89. The fraction of sp³-hybridized carbons (Fsp3) is 0.320. The number of rotatable bonds is 8. The number of nitrogens with zero attached hydrogens (tertiary/aromatic N) is 1. The lowest BCUT2D eigenvalue weighted by atomic mass is 9.79. The van der Waals surface area contributed by atoms with Crippen LogP contribution in [0.4, 0.5) is 4.39 Å². The molecule has 0 bridgehead atoms. The maximum absolute atomic E-state index is 13.7. The van der Waals surface area contributed by atoms with Crippen molar-refractivity contribution < 1.29 is 27.4 Å². The van der Waals surface area contributed by atoms with E-state index in [1.165, 1.54) is 16.4 Å². The average Bonchev–Trinajstić information content (AvgIpc) is 3.24. The normalized spacial score (nSPS) is 19.5. The molecule has 1 heterocycles. The van der Waals surface area contributed by atoms with Gasteiger partial charge in [-0.1, -0.05) is 31.2 Å². The second-order valence-electron chi connectivity index (χ2n) is 8.73. The quantitative estimate of drug-likeness (QED) is 0.605. The van der Waals surface area contributed by atoms with Crippen LogP contribution >= 0.6 is 0 Å². The molecule has 0 spiro atoms. The van der Waals surface area contributed by atoms with Crippen LogP contribution in [0.25, 0.3) is 0 Å². The number of ether oxygens (including phenoxy) is 1. The van der Waals surface area contributed by atoms with Gasteiger partial charge in [0.2, 0.25) is 0 Å². The molecule has 0 saturated heterocycles. The first-order valence-electron chi connectivity index (χ1n) is 10.8. The van der Waals surface area contributed by atoms with Crippen LogP contribution in [0.15, 0.2) is 71.3 Å². The van der Waals surface area contributed by atoms with Crippen LogP contribution in [0.3, 0.4) is 0 Å². The van der Waals surface area contributed by atoms with Crippen LogP contribution in [0.1, 0.15) is 37.3 Å². The van der Waals surface area contributed by atoms with Crippen molar-refractivity contribution in [2.45, 2.75) is 44.0 Å². The highest BCUT2D eigenvalue weighted by atomic mass is 32.2. The SMILES string of the molecule is C[C@]1(CCC(=O)O)C=C(N(Cc2ccc3c(c2)CCO3)S(=O)(=O)c2ccc(F)cc2)C=CC1. The Morgan fingerprint density at radius 3 is 2.70 bits per heavy atom. The Kier molecular flexibility index (Phi) is 6.30. The molecule has 4 rings (SSSR count). The zero-order chi connectivity index (χ0) is 23.6. The molecule has 174 valence electrons. The highest BCUT2D eigenvalue weighted by Crippen LogP contribution is 2.38. The van der Waals surface area contributed by atoms with Crippen molar-refractivity contribution in [3.8, 4) is 5.75 Å². The summed E-state index contributed by atoms with van der Waals surface area (Å²) in [5.41, 5.74) is 1.81. The van der Waals surface area contributed by atoms with Gasteiger partial charge in [-0.2, -0.15) is 0 Å². The van der Waals surface area contributed by atoms with Gasteiger partial charge in [0.25, 0.3) is 10.0 Å². The van der Waals surface area contributed by atoms with Crippen LogP contribution < -0.4 is 4.74 Å². The lowest BCUT2D eigenvalue weighted by Crippen LogP contribution is -2.32. The van der Waals surface area contributed by atoms with Crippen molar-refractivity contribution in [3.05, 3.63) is 83.3 Å². The first kappa shape index (κ1) is 23.0. The molecule has 1 atom stereocenters. The minimum Gasteiger partial charge on any atom is -0.493 e. The predicted molar refractivity (Wildman–Crippen MR) is 122 cm³/mol. The smallest absolute Gasteiger partial charge is 0.303 e. The number of hydrogen-bond acceptors (Lipinski definition) is 4. The third-order valence-corrected chi connectivity index (χ3v) is 7.84. The summed E-state index contributed by atoms with van der Waals surface area (Å²) >= 11 is 0. The highest BCUT2D eigenvalue weighted by Gasteiger charge is 2.31. The first-order chi connectivity index (χ1) is 15.7. The fourth-order valence-corrected chi connectivity index (χ4v) is 5.63. The maximum atomic E-state index is 13.7. The molecule has 8 heteroatoms. The summed E-state index contributed by atoms with van der Waals surface area (Å²) in [6, 6.07) is 10.4. The monoisotopic (exact) mass is 471 g/mol. The number of allylic oxidation sites excluding steroid dienone is 3. The zero-order valence-corrected chi connectivity index (χ0v) is 19.1. The number of aliphatic carboxylic acids is 1. The minimum atomic E-state index is -4.01. The van der Waals surface area contributed by atoms with Crippen LogP contribution in [-0.4, -0.2) is 30.4 Å².